The summed E-state index contributed by atoms with van der Waals surface area (Å²) in [5.41, 5.74) is 2.07. The highest BCUT2D eigenvalue weighted by atomic mass is 35.5. The average molecular weight is 435 g/mol. The molecule has 31 heavy (non-hydrogen) atoms. The molecule has 3 aromatic carbocycles. The fourth-order valence-corrected chi connectivity index (χ4v) is 4.41. The first kappa shape index (κ1) is 19.6. The van der Waals surface area contributed by atoms with Crippen LogP contribution >= 0.6 is 11.6 Å². The van der Waals surface area contributed by atoms with Gasteiger partial charge in [0.25, 0.3) is 5.91 Å². The van der Waals surface area contributed by atoms with Crippen molar-refractivity contribution in [1.82, 2.24) is 0 Å². The lowest BCUT2D eigenvalue weighted by atomic mass is 9.90. The molecule has 0 aliphatic carbocycles. The Labute approximate surface area is 184 Å². The summed E-state index contributed by atoms with van der Waals surface area (Å²) in [5.74, 6) is -0.689. The van der Waals surface area contributed by atoms with Gasteiger partial charge in [0.1, 0.15) is 11.7 Å². The van der Waals surface area contributed by atoms with E-state index in [1.165, 1.54) is 4.90 Å². The fraction of sp³-hybridized carbons (Fsp3) is 0.167. The average Bonchev–Trinajstić information content (AvgIpc) is 3.30. The minimum Gasteiger partial charge on any atom is -0.497 e. The summed E-state index contributed by atoms with van der Waals surface area (Å²) < 4.78 is 5.27. The summed E-state index contributed by atoms with van der Waals surface area (Å²) >= 11 is 6.10. The van der Waals surface area contributed by atoms with Crippen LogP contribution in [0.4, 0.5) is 11.4 Å². The van der Waals surface area contributed by atoms with Crippen molar-refractivity contribution < 1.29 is 19.2 Å². The number of ether oxygens (including phenoxy) is 1. The normalized spacial score (nSPS) is 22.7. The van der Waals surface area contributed by atoms with Gasteiger partial charge in [-0.3, -0.25) is 14.4 Å². The van der Waals surface area contributed by atoms with Crippen molar-refractivity contribution in [2.45, 2.75) is 12.1 Å². The summed E-state index contributed by atoms with van der Waals surface area (Å²) in [5, 5.41) is 2.12. The quantitative estimate of drug-likeness (QED) is 0.570. The fourth-order valence-electron chi connectivity index (χ4n) is 4.22. The van der Waals surface area contributed by atoms with Crippen molar-refractivity contribution in [3.8, 4) is 5.75 Å². The number of nitrogens with zero attached hydrogens (tertiary/aromatic N) is 2. The van der Waals surface area contributed by atoms with E-state index in [9.17, 15) is 9.59 Å². The molecule has 3 aromatic rings. The van der Waals surface area contributed by atoms with Crippen molar-refractivity contribution in [2.75, 3.05) is 17.1 Å². The number of fused-ring (bicyclic) bond motifs is 1. The van der Waals surface area contributed by atoms with Crippen LogP contribution in [0.5, 0.6) is 5.75 Å². The number of benzene rings is 3. The minimum absolute atomic E-state index is 0.309. The van der Waals surface area contributed by atoms with E-state index in [1.807, 2.05) is 54.6 Å². The van der Waals surface area contributed by atoms with E-state index < -0.39 is 24.0 Å². The van der Waals surface area contributed by atoms with Gasteiger partial charge in [-0.05, 0) is 48.0 Å². The third-order valence-electron chi connectivity index (χ3n) is 5.65. The second kappa shape index (κ2) is 7.72. The molecule has 2 aliphatic heterocycles. The van der Waals surface area contributed by atoms with E-state index in [4.69, 9.17) is 21.2 Å². The summed E-state index contributed by atoms with van der Waals surface area (Å²) in [6.07, 6.45) is -0.918. The van der Waals surface area contributed by atoms with Crippen molar-refractivity contribution in [3.63, 3.8) is 0 Å². The minimum atomic E-state index is -0.918. The van der Waals surface area contributed by atoms with Crippen LogP contribution in [0.25, 0.3) is 0 Å². The van der Waals surface area contributed by atoms with Crippen LogP contribution in [0.2, 0.25) is 5.02 Å². The van der Waals surface area contributed by atoms with Gasteiger partial charge in [0.15, 0.2) is 6.10 Å². The number of hydrogen-bond acceptors (Lipinski definition) is 5. The molecule has 0 saturated carbocycles. The van der Waals surface area contributed by atoms with Crippen molar-refractivity contribution in [2.24, 2.45) is 5.92 Å². The maximum Gasteiger partial charge on any atom is 0.266 e. The highest BCUT2D eigenvalue weighted by molar-refractivity contribution is 6.31. The Morgan fingerprint density at radius 3 is 2.26 bits per heavy atom. The molecule has 2 aliphatic rings. The summed E-state index contributed by atoms with van der Waals surface area (Å²) in [6, 6.07) is 23.2. The van der Waals surface area contributed by atoms with Gasteiger partial charge in [0.2, 0.25) is 5.91 Å². The molecule has 2 saturated heterocycles. The maximum absolute atomic E-state index is 13.5. The van der Waals surface area contributed by atoms with E-state index in [-0.39, 0.29) is 5.91 Å². The molecule has 2 fully saturated rings. The number of carbonyl (C=O) groups is 2. The van der Waals surface area contributed by atoms with E-state index in [0.29, 0.717) is 16.5 Å². The predicted octanol–water partition coefficient (Wildman–Crippen LogP) is 4.40. The first-order chi connectivity index (χ1) is 15.1. The van der Waals surface area contributed by atoms with Gasteiger partial charge < -0.3 is 4.74 Å². The molecule has 156 valence electrons. The third-order valence-corrected chi connectivity index (χ3v) is 5.88. The second-order valence-electron chi connectivity index (χ2n) is 7.42. The standard InChI is InChI=1S/C24H19ClN2O4/c1-30-19-12-10-15(11-13-19)21-20-22(31-27(21)17-7-3-2-4-8-17)24(29)26(23(20)28)18-9-5-6-16(25)14-18/h2-14,20-22H,1H3/t20-,21+,22-/m0/s1. The summed E-state index contributed by atoms with van der Waals surface area (Å²) in [6.45, 7) is 0. The third kappa shape index (κ3) is 3.24. The summed E-state index contributed by atoms with van der Waals surface area (Å²) in [7, 11) is 1.60. The van der Waals surface area contributed by atoms with Gasteiger partial charge in [0.05, 0.1) is 24.5 Å². The maximum atomic E-state index is 13.5. The smallest absolute Gasteiger partial charge is 0.266 e. The molecule has 0 unspecified atom stereocenters. The SMILES string of the molecule is COc1ccc([C@@H]2[C@@H]3C(=O)N(c4cccc(Cl)c4)C(=O)[C@H]3ON2c2ccccc2)cc1. The Morgan fingerprint density at radius 2 is 1.58 bits per heavy atom. The zero-order valence-corrected chi connectivity index (χ0v) is 17.4. The van der Waals surface area contributed by atoms with Crippen LogP contribution in [0.1, 0.15) is 11.6 Å². The monoisotopic (exact) mass is 434 g/mol. The molecule has 0 bridgehead atoms. The lowest BCUT2D eigenvalue weighted by Gasteiger charge is -2.28. The molecular weight excluding hydrogens is 416 g/mol. The van der Waals surface area contributed by atoms with Gasteiger partial charge in [-0.1, -0.05) is 48.0 Å². The highest BCUT2D eigenvalue weighted by Crippen LogP contribution is 2.47. The zero-order valence-electron chi connectivity index (χ0n) is 16.6. The number of imide groups is 1. The van der Waals surface area contributed by atoms with Gasteiger partial charge >= 0.3 is 0 Å². The number of anilines is 2. The molecule has 0 spiro atoms. The van der Waals surface area contributed by atoms with Gasteiger partial charge in [-0.25, -0.2) is 9.96 Å². The zero-order chi connectivity index (χ0) is 21.5. The van der Waals surface area contributed by atoms with Crippen LogP contribution in [0.15, 0.2) is 78.9 Å². The molecule has 2 amide bonds. The van der Waals surface area contributed by atoms with E-state index in [2.05, 4.69) is 0 Å². The van der Waals surface area contributed by atoms with Crippen LogP contribution < -0.4 is 14.7 Å². The first-order valence-corrected chi connectivity index (χ1v) is 10.2. The van der Waals surface area contributed by atoms with Crippen LogP contribution in [0, 0.1) is 5.92 Å². The molecule has 5 rings (SSSR count). The largest absolute Gasteiger partial charge is 0.497 e. The lowest BCUT2D eigenvalue weighted by molar-refractivity contribution is -0.126. The molecule has 6 nitrogen and oxygen atoms in total. The van der Waals surface area contributed by atoms with Gasteiger partial charge in [0, 0.05) is 5.02 Å². The molecule has 0 N–H and O–H groups in total. The Kier molecular flexibility index (Phi) is 4.88. The van der Waals surface area contributed by atoms with Crippen LogP contribution in [-0.4, -0.2) is 25.0 Å². The number of para-hydroxylation sites is 1. The predicted molar refractivity (Wildman–Crippen MR) is 117 cm³/mol. The van der Waals surface area contributed by atoms with Crippen molar-refractivity contribution >= 4 is 34.8 Å². The number of methoxy groups -OCH3 is 1. The molecule has 3 atom stereocenters. The number of carbonyl (C=O) groups excluding carboxylic acids is 2. The number of amides is 2. The van der Waals surface area contributed by atoms with E-state index in [0.717, 1.165) is 11.3 Å². The highest BCUT2D eigenvalue weighted by Gasteiger charge is 2.60. The number of halogens is 1. The number of hydroxylamine groups is 1. The number of hydrogen-bond donors (Lipinski definition) is 0. The van der Waals surface area contributed by atoms with Crippen LogP contribution in [-0.2, 0) is 14.4 Å². The summed E-state index contributed by atoms with van der Waals surface area (Å²) in [4.78, 5) is 34.1. The van der Waals surface area contributed by atoms with E-state index in [1.54, 1.807) is 36.4 Å². The molecule has 2 heterocycles. The molecule has 0 radical (unpaired) electrons. The first-order valence-electron chi connectivity index (χ1n) is 9.87. The van der Waals surface area contributed by atoms with Crippen molar-refractivity contribution in [1.29, 1.82) is 0 Å². The Morgan fingerprint density at radius 1 is 0.871 bits per heavy atom. The molecule has 7 heteroatoms. The van der Waals surface area contributed by atoms with Crippen LogP contribution in [0.3, 0.4) is 0 Å². The van der Waals surface area contributed by atoms with E-state index >= 15 is 0 Å². The Bertz CT molecular complexity index is 1140. The molecular formula is C24H19ClN2O4. The van der Waals surface area contributed by atoms with Gasteiger partial charge in [-0.15, -0.1) is 0 Å². The number of rotatable bonds is 4. The topological polar surface area (TPSA) is 59.1 Å². The Hall–Kier alpha value is -3.35. The molecule has 0 aromatic heterocycles. The van der Waals surface area contributed by atoms with Gasteiger partial charge in [-0.2, -0.15) is 0 Å². The lowest BCUT2D eigenvalue weighted by Crippen LogP contribution is -2.37. The Balaban J connectivity index is 1.58. The second-order valence-corrected chi connectivity index (χ2v) is 7.86. The van der Waals surface area contributed by atoms with Crippen molar-refractivity contribution in [3.05, 3.63) is 89.4 Å².